The minimum absolute atomic E-state index is 0.0871. The first-order chi connectivity index (χ1) is 9.38. The van der Waals surface area contributed by atoms with Gasteiger partial charge in [0.05, 0.1) is 17.6 Å². The predicted molar refractivity (Wildman–Crippen MR) is 76.5 cm³/mol. The third kappa shape index (κ3) is 2.30. The van der Waals surface area contributed by atoms with Crippen LogP contribution in [0.4, 0.5) is 11.6 Å². The van der Waals surface area contributed by atoms with E-state index < -0.39 is 0 Å². The summed E-state index contributed by atoms with van der Waals surface area (Å²) in [6, 6.07) is 17.8. The van der Waals surface area contributed by atoms with E-state index in [1.54, 1.807) is 0 Å². The van der Waals surface area contributed by atoms with E-state index in [9.17, 15) is 5.11 Å². The number of nitrogens with one attached hydrogen (secondary N) is 1. The van der Waals surface area contributed by atoms with Crippen molar-refractivity contribution in [3.63, 3.8) is 0 Å². The number of aromatic nitrogens is 2. The molecule has 1 aromatic heterocycles. The summed E-state index contributed by atoms with van der Waals surface area (Å²) in [5, 5.41) is 12.5. The van der Waals surface area contributed by atoms with Gasteiger partial charge in [-0.2, -0.15) is 0 Å². The highest BCUT2D eigenvalue weighted by molar-refractivity contribution is 5.79. The largest absolute Gasteiger partial charge is 0.395 e. The van der Waals surface area contributed by atoms with Crippen LogP contribution in [0.5, 0.6) is 0 Å². The van der Waals surface area contributed by atoms with Gasteiger partial charge >= 0.3 is 0 Å². The molecule has 4 heteroatoms. The Morgan fingerprint density at radius 3 is 2.53 bits per heavy atom. The number of hydrogen-bond donors (Lipinski definition) is 2. The molecule has 0 aliphatic carbocycles. The maximum absolute atomic E-state index is 9.21. The maximum Gasteiger partial charge on any atom is 0.208 e. The third-order valence-electron chi connectivity index (χ3n) is 3.01. The van der Waals surface area contributed by atoms with E-state index >= 15 is 0 Å². The van der Waals surface area contributed by atoms with Crippen LogP contribution >= 0.6 is 0 Å². The van der Waals surface area contributed by atoms with Gasteiger partial charge in [0.25, 0.3) is 0 Å². The molecule has 19 heavy (non-hydrogen) atoms. The number of anilines is 2. The minimum atomic E-state index is 0.0871. The van der Waals surface area contributed by atoms with Crippen LogP contribution in [0.1, 0.15) is 0 Å². The van der Waals surface area contributed by atoms with Gasteiger partial charge in [-0.15, -0.1) is 0 Å². The molecule has 0 amide bonds. The fourth-order valence-corrected chi connectivity index (χ4v) is 2.15. The molecule has 0 aliphatic rings. The zero-order valence-electron chi connectivity index (χ0n) is 10.5. The topological polar surface area (TPSA) is 50.1 Å². The van der Waals surface area contributed by atoms with Crippen LogP contribution in [0.3, 0.4) is 0 Å². The zero-order chi connectivity index (χ0) is 13.1. The molecule has 1 heterocycles. The smallest absolute Gasteiger partial charge is 0.208 e. The van der Waals surface area contributed by atoms with Gasteiger partial charge in [0, 0.05) is 12.2 Å². The molecule has 0 saturated carbocycles. The highest BCUT2D eigenvalue weighted by Crippen LogP contribution is 2.22. The second kappa shape index (κ2) is 5.12. The number of imidazole rings is 1. The fraction of sp³-hybridized carbons (Fsp3) is 0.133. The number of para-hydroxylation sites is 3. The lowest BCUT2D eigenvalue weighted by molar-refractivity contribution is 0.278. The number of hydrogen-bond acceptors (Lipinski definition) is 3. The van der Waals surface area contributed by atoms with Crippen molar-refractivity contribution in [1.82, 2.24) is 9.55 Å². The van der Waals surface area contributed by atoms with Crippen LogP contribution in [-0.2, 0) is 6.54 Å². The Kier molecular flexibility index (Phi) is 3.16. The van der Waals surface area contributed by atoms with Crippen molar-refractivity contribution in [1.29, 1.82) is 0 Å². The molecule has 3 rings (SSSR count). The van der Waals surface area contributed by atoms with E-state index in [-0.39, 0.29) is 6.61 Å². The van der Waals surface area contributed by atoms with Gasteiger partial charge in [-0.3, -0.25) is 0 Å². The molecule has 2 N–H and O–H groups in total. The monoisotopic (exact) mass is 253 g/mol. The average Bonchev–Trinajstić information content (AvgIpc) is 2.79. The summed E-state index contributed by atoms with van der Waals surface area (Å²) >= 11 is 0. The second-order valence-corrected chi connectivity index (χ2v) is 4.29. The molecule has 0 radical (unpaired) electrons. The number of nitrogens with zero attached hydrogens (tertiary/aromatic N) is 2. The van der Waals surface area contributed by atoms with Crippen molar-refractivity contribution in [3.05, 3.63) is 54.6 Å². The summed E-state index contributed by atoms with van der Waals surface area (Å²) in [7, 11) is 0. The molecule has 0 bridgehead atoms. The van der Waals surface area contributed by atoms with Gasteiger partial charge in [-0.1, -0.05) is 30.3 Å². The van der Waals surface area contributed by atoms with Gasteiger partial charge in [0.2, 0.25) is 5.95 Å². The van der Waals surface area contributed by atoms with Crippen molar-refractivity contribution in [2.75, 3.05) is 11.9 Å². The molecular formula is C15H15N3O. The highest BCUT2D eigenvalue weighted by atomic mass is 16.3. The Labute approximate surface area is 111 Å². The first-order valence-electron chi connectivity index (χ1n) is 6.26. The van der Waals surface area contributed by atoms with E-state index in [1.165, 1.54) is 0 Å². The van der Waals surface area contributed by atoms with Crippen molar-refractivity contribution in [3.8, 4) is 0 Å². The van der Waals surface area contributed by atoms with Gasteiger partial charge in [-0.05, 0) is 24.3 Å². The summed E-state index contributed by atoms with van der Waals surface area (Å²) in [5.74, 6) is 0.751. The number of benzene rings is 2. The summed E-state index contributed by atoms with van der Waals surface area (Å²) in [4.78, 5) is 4.57. The van der Waals surface area contributed by atoms with Crippen LogP contribution in [-0.4, -0.2) is 21.3 Å². The fourth-order valence-electron chi connectivity index (χ4n) is 2.15. The van der Waals surface area contributed by atoms with E-state index in [0.717, 1.165) is 22.7 Å². The molecule has 2 aromatic carbocycles. The van der Waals surface area contributed by atoms with Crippen LogP contribution in [0.2, 0.25) is 0 Å². The Morgan fingerprint density at radius 2 is 1.74 bits per heavy atom. The predicted octanol–water partition coefficient (Wildman–Crippen LogP) is 2.77. The Hall–Kier alpha value is -2.33. The standard InChI is InChI=1S/C15H15N3O/c19-11-10-18-14-9-5-4-8-13(14)17-15(18)16-12-6-2-1-3-7-12/h1-9,19H,10-11H2,(H,16,17). The number of rotatable bonds is 4. The summed E-state index contributed by atoms with van der Waals surface area (Å²) in [6.45, 7) is 0.611. The lowest BCUT2D eigenvalue weighted by atomic mass is 10.3. The Morgan fingerprint density at radius 1 is 1.00 bits per heavy atom. The van der Waals surface area contributed by atoms with Crippen LogP contribution in [0, 0.1) is 0 Å². The normalized spacial score (nSPS) is 10.8. The van der Waals surface area contributed by atoms with Gasteiger partial charge in [-0.25, -0.2) is 4.98 Å². The summed E-state index contributed by atoms with van der Waals surface area (Å²) < 4.78 is 1.99. The molecule has 0 unspecified atom stereocenters. The van der Waals surface area contributed by atoms with E-state index in [0.29, 0.717) is 6.54 Å². The maximum atomic E-state index is 9.21. The number of aliphatic hydroxyl groups is 1. The quantitative estimate of drug-likeness (QED) is 0.751. The van der Waals surface area contributed by atoms with Crippen LogP contribution < -0.4 is 5.32 Å². The zero-order valence-corrected chi connectivity index (χ0v) is 10.5. The molecule has 0 fully saturated rings. The van der Waals surface area contributed by atoms with Crippen LogP contribution in [0.15, 0.2) is 54.6 Å². The Balaban J connectivity index is 2.04. The lowest BCUT2D eigenvalue weighted by Gasteiger charge is -2.09. The molecular weight excluding hydrogens is 238 g/mol. The van der Waals surface area contributed by atoms with Gasteiger partial charge in [0.15, 0.2) is 0 Å². The molecule has 0 aliphatic heterocycles. The van der Waals surface area contributed by atoms with Crippen molar-refractivity contribution in [2.24, 2.45) is 0 Å². The van der Waals surface area contributed by atoms with E-state index in [1.807, 2.05) is 59.2 Å². The second-order valence-electron chi connectivity index (χ2n) is 4.29. The molecule has 3 aromatic rings. The molecule has 0 saturated heterocycles. The SMILES string of the molecule is OCCn1c(Nc2ccccc2)nc2ccccc21. The Bertz CT molecular complexity index is 676. The van der Waals surface area contributed by atoms with Crippen molar-refractivity contribution in [2.45, 2.75) is 6.54 Å². The third-order valence-corrected chi connectivity index (χ3v) is 3.01. The number of aliphatic hydroxyl groups excluding tert-OH is 1. The lowest BCUT2D eigenvalue weighted by Crippen LogP contribution is -2.06. The van der Waals surface area contributed by atoms with E-state index in [4.69, 9.17) is 0 Å². The molecule has 0 atom stereocenters. The van der Waals surface area contributed by atoms with Crippen molar-refractivity contribution < 1.29 is 5.11 Å². The highest BCUT2D eigenvalue weighted by Gasteiger charge is 2.09. The first kappa shape index (κ1) is 11.7. The van der Waals surface area contributed by atoms with E-state index in [2.05, 4.69) is 10.3 Å². The molecule has 96 valence electrons. The van der Waals surface area contributed by atoms with Crippen LogP contribution in [0.25, 0.3) is 11.0 Å². The molecule has 0 spiro atoms. The summed E-state index contributed by atoms with van der Waals surface area (Å²) in [6.07, 6.45) is 0. The number of fused-ring (bicyclic) bond motifs is 1. The molecule has 4 nitrogen and oxygen atoms in total. The first-order valence-corrected chi connectivity index (χ1v) is 6.26. The van der Waals surface area contributed by atoms with Crippen molar-refractivity contribution >= 4 is 22.7 Å². The average molecular weight is 253 g/mol. The summed E-state index contributed by atoms with van der Waals surface area (Å²) in [5.41, 5.74) is 2.93. The minimum Gasteiger partial charge on any atom is -0.395 e. The van der Waals surface area contributed by atoms with Gasteiger partial charge in [0.1, 0.15) is 0 Å². The van der Waals surface area contributed by atoms with Gasteiger partial charge < -0.3 is 15.0 Å².